The lowest BCUT2D eigenvalue weighted by atomic mass is 9.91. The van der Waals surface area contributed by atoms with Crippen molar-refractivity contribution in [2.75, 3.05) is 13.1 Å². The number of benzene rings is 1. The SMILES string of the molecule is CC1CC(C)CN(Cc2ccccc2CNC(=O)Cn2cnc([N+](=O)[O-])n2)C1. The van der Waals surface area contributed by atoms with Gasteiger partial charge in [-0.2, -0.15) is 4.68 Å². The molecule has 0 saturated carbocycles. The molecular formula is C19H26N6O3. The Balaban J connectivity index is 1.56. The molecule has 2 aromatic rings. The molecule has 9 heteroatoms. The lowest BCUT2D eigenvalue weighted by Crippen LogP contribution is -2.38. The van der Waals surface area contributed by atoms with Gasteiger partial charge in [0.25, 0.3) is 0 Å². The first kappa shape index (κ1) is 19.9. The van der Waals surface area contributed by atoms with Gasteiger partial charge in [0, 0.05) is 31.3 Å². The van der Waals surface area contributed by atoms with E-state index in [9.17, 15) is 14.9 Å². The molecule has 0 spiro atoms. The average Bonchev–Trinajstić information content (AvgIpc) is 3.09. The molecule has 1 aromatic carbocycles. The van der Waals surface area contributed by atoms with E-state index in [0.29, 0.717) is 18.4 Å². The molecule has 1 amide bonds. The number of aromatic nitrogens is 3. The molecule has 1 fully saturated rings. The van der Waals surface area contributed by atoms with Crippen LogP contribution >= 0.6 is 0 Å². The number of hydrogen-bond acceptors (Lipinski definition) is 6. The quantitative estimate of drug-likeness (QED) is 0.576. The van der Waals surface area contributed by atoms with Gasteiger partial charge < -0.3 is 15.4 Å². The lowest BCUT2D eigenvalue weighted by Gasteiger charge is -2.35. The van der Waals surface area contributed by atoms with Crippen LogP contribution < -0.4 is 5.32 Å². The Morgan fingerprint density at radius 1 is 1.25 bits per heavy atom. The molecule has 2 atom stereocenters. The monoisotopic (exact) mass is 386 g/mol. The number of carbonyl (C=O) groups is 1. The summed E-state index contributed by atoms with van der Waals surface area (Å²) in [6.45, 7) is 7.95. The number of rotatable bonds is 7. The molecule has 1 aliphatic rings. The first-order valence-electron chi connectivity index (χ1n) is 9.50. The molecule has 1 aromatic heterocycles. The Bertz CT molecular complexity index is 827. The van der Waals surface area contributed by atoms with Gasteiger partial charge in [0.05, 0.1) is 0 Å². The van der Waals surface area contributed by atoms with E-state index in [0.717, 1.165) is 29.9 Å². The molecule has 3 rings (SSSR count). The molecule has 2 unspecified atom stereocenters. The van der Waals surface area contributed by atoms with Crippen molar-refractivity contribution in [1.29, 1.82) is 0 Å². The van der Waals surface area contributed by atoms with Crippen LogP contribution in [0.3, 0.4) is 0 Å². The van der Waals surface area contributed by atoms with Crippen LogP contribution in [0.2, 0.25) is 0 Å². The Hall–Kier alpha value is -2.81. The van der Waals surface area contributed by atoms with Gasteiger partial charge in [-0.1, -0.05) is 43.1 Å². The Labute approximate surface area is 163 Å². The van der Waals surface area contributed by atoms with E-state index in [-0.39, 0.29) is 12.5 Å². The van der Waals surface area contributed by atoms with Crippen molar-refractivity contribution >= 4 is 11.9 Å². The highest BCUT2D eigenvalue weighted by atomic mass is 16.6. The number of carbonyl (C=O) groups excluding carboxylic acids is 1. The van der Waals surface area contributed by atoms with E-state index >= 15 is 0 Å². The van der Waals surface area contributed by atoms with Crippen molar-refractivity contribution in [3.05, 3.63) is 51.8 Å². The molecule has 150 valence electrons. The minimum absolute atomic E-state index is 0.107. The summed E-state index contributed by atoms with van der Waals surface area (Å²) in [6.07, 6.45) is 2.46. The molecular weight excluding hydrogens is 360 g/mol. The van der Waals surface area contributed by atoms with Gasteiger partial charge in [-0.3, -0.25) is 9.69 Å². The zero-order valence-corrected chi connectivity index (χ0v) is 16.2. The summed E-state index contributed by atoms with van der Waals surface area (Å²) in [6, 6.07) is 8.11. The molecule has 0 bridgehead atoms. The van der Waals surface area contributed by atoms with Crippen molar-refractivity contribution in [2.24, 2.45) is 11.8 Å². The Morgan fingerprint density at radius 2 is 1.93 bits per heavy atom. The number of amides is 1. The van der Waals surface area contributed by atoms with Crippen molar-refractivity contribution in [3.63, 3.8) is 0 Å². The predicted molar refractivity (Wildman–Crippen MR) is 103 cm³/mol. The van der Waals surface area contributed by atoms with Crippen LogP contribution in [0.4, 0.5) is 5.95 Å². The second-order valence-electron chi connectivity index (χ2n) is 7.68. The lowest BCUT2D eigenvalue weighted by molar-refractivity contribution is -0.394. The van der Waals surface area contributed by atoms with Gasteiger partial charge in [0.1, 0.15) is 6.54 Å². The zero-order chi connectivity index (χ0) is 20.1. The summed E-state index contributed by atoms with van der Waals surface area (Å²) < 4.78 is 1.16. The smallest absolute Gasteiger partial charge is 0.390 e. The van der Waals surface area contributed by atoms with Crippen molar-refractivity contribution in [2.45, 2.75) is 39.9 Å². The molecule has 9 nitrogen and oxygen atoms in total. The highest BCUT2D eigenvalue weighted by Crippen LogP contribution is 2.23. The third-order valence-electron chi connectivity index (χ3n) is 4.93. The second kappa shape index (κ2) is 8.92. The fraction of sp³-hybridized carbons (Fsp3) is 0.526. The van der Waals surface area contributed by atoms with Crippen LogP contribution in [0.1, 0.15) is 31.4 Å². The fourth-order valence-corrected chi connectivity index (χ4v) is 3.89. The van der Waals surface area contributed by atoms with Gasteiger partial charge in [0.2, 0.25) is 12.2 Å². The Morgan fingerprint density at radius 3 is 2.57 bits per heavy atom. The zero-order valence-electron chi connectivity index (χ0n) is 16.2. The number of nitro groups is 1. The second-order valence-corrected chi connectivity index (χ2v) is 7.68. The average molecular weight is 386 g/mol. The van der Waals surface area contributed by atoms with Crippen LogP contribution in [0.5, 0.6) is 0 Å². The topological polar surface area (TPSA) is 106 Å². The predicted octanol–water partition coefficient (Wildman–Crippen LogP) is 1.98. The number of nitrogens with zero attached hydrogens (tertiary/aromatic N) is 5. The number of hydrogen-bond donors (Lipinski definition) is 1. The summed E-state index contributed by atoms with van der Waals surface area (Å²) >= 11 is 0. The van der Waals surface area contributed by atoms with Crippen LogP contribution in [-0.2, 0) is 24.4 Å². The molecule has 0 aliphatic carbocycles. The largest absolute Gasteiger partial charge is 0.490 e. The Kier molecular flexibility index (Phi) is 6.35. The first-order valence-corrected chi connectivity index (χ1v) is 9.50. The molecule has 0 radical (unpaired) electrons. The van der Waals surface area contributed by atoms with Gasteiger partial charge in [-0.15, -0.1) is 0 Å². The maximum Gasteiger partial charge on any atom is 0.490 e. The van der Waals surface area contributed by atoms with E-state index in [1.165, 1.54) is 18.3 Å². The normalized spacial score (nSPS) is 20.1. The first-order chi connectivity index (χ1) is 13.4. The highest BCUT2D eigenvalue weighted by Gasteiger charge is 2.22. The number of nitrogens with one attached hydrogen (secondary N) is 1. The van der Waals surface area contributed by atoms with E-state index in [1.807, 2.05) is 18.2 Å². The summed E-state index contributed by atoms with van der Waals surface area (Å²) in [5.74, 6) is 0.614. The van der Waals surface area contributed by atoms with Gasteiger partial charge in [0.15, 0.2) is 0 Å². The number of piperidine rings is 1. The van der Waals surface area contributed by atoms with Crippen LogP contribution in [0.15, 0.2) is 30.6 Å². The van der Waals surface area contributed by atoms with E-state index in [4.69, 9.17) is 0 Å². The third kappa shape index (κ3) is 5.35. The molecule has 1 N–H and O–H groups in total. The molecule has 28 heavy (non-hydrogen) atoms. The summed E-state index contributed by atoms with van der Waals surface area (Å²) in [5, 5.41) is 17.1. The minimum atomic E-state index is -0.688. The van der Waals surface area contributed by atoms with Crippen molar-refractivity contribution < 1.29 is 9.72 Å². The molecule has 1 aliphatic heterocycles. The third-order valence-corrected chi connectivity index (χ3v) is 4.93. The van der Waals surface area contributed by atoms with Crippen molar-refractivity contribution in [3.8, 4) is 0 Å². The molecule has 1 saturated heterocycles. The number of likely N-dealkylation sites (tertiary alicyclic amines) is 1. The van der Waals surface area contributed by atoms with Crippen molar-refractivity contribution in [1.82, 2.24) is 25.0 Å². The standard InChI is InChI=1S/C19H26N6O3/c1-14-7-15(2)10-23(9-14)11-17-6-4-3-5-16(17)8-20-18(26)12-24-13-21-19(22-24)25(27)28/h3-6,13-15H,7-12H2,1-2H3,(H,20,26). The summed E-state index contributed by atoms with van der Waals surface area (Å²) in [7, 11) is 0. The highest BCUT2D eigenvalue weighted by molar-refractivity contribution is 5.75. The molecule has 2 heterocycles. The van der Waals surface area contributed by atoms with Crippen LogP contribution in [0, 0.1) is 22.0 Å². The van der Waals surface area contributed by atoms with Crippen LogP contribution in [0.25, 0.3) is 0 Å². The van der Waals surface area contributed by atoms with E-state index in [1.54, 1.807) is 0 Å². The summed E-state index contributed by atoms with van der Waals surface area (Å²) in [5.41, 5.74) is 2.28. The van der Waals surface area contributed by atoms with Gasteiger partial charge in [-0.25, -0.2) is 0 Å². The summed E-state index contributed by atoms with van der Waals surface area (Å²) in [4.78, 5) is 28.1. The van der Waals surface area contributed by atoms with E-state index < -0.39 is 10.9 Å². The van der Waals surface area contributed by atoms with Gasteiger partial charge in [-0.05, 0) is 34.3 Å². The van der Waals surface area contributed by atoms with Crippen LogP contribution in [-0.4, -0.2) is 43.6 Å². The van der Waals surface area contributed by atoms with E-state index in [2.05, 4.69) is 40.2 Å². The maximum atomic E-state index is 12.2. The van der Waals surface area contributed by atoms with Gasteiger partial charge >= 0.3 is 5.95 Å². The maximum absolute atomic E-state index is 12.2. The fourth-order valence-electron chi connectivity index (χ4n) is 3.89. The minimum Gasteiger partial charge on any atom is -0.390 e.